The number of aromatic nitrogens is 1. The van der Waals surface area contributed by atoms with E-state index in [4.69, 9.17) is 0 Å². The van der Waals surface area contributed by atoms with E-state index in [-0.39, 0.29) is 24.2 Å². The van der Waals surface area contributed by atoms with Gasteiger partial charge in [0.15, 0.2) is 0 Å². The summed E-state index contributed by atoms with van der Waals surface area (Å²) in [6.45, 7) is 0.880. The predicted molar refractivity (Wildman–Crippen MR) is 111 cm³/mol. The van der Waals surface area contributed by atoms with Gasteiger partial charge in [-0.05, 0) is 36.4 Å². The van der Waals surface area contributed by atoms with Crippen LogP contribution in [0.5, 0.6) is 0 Å². The quantitative estimate of drug-likeness (QED) is 0.610. The largest absolute Gasteiger partial charge is 0.339 e. The average molecular weight is 444 g/mol. The molecule has 7 heteroatoms. The molecule has 1 atom stereocenters. The van der Waals surface area contributed by atoms with Crippen LogP contribution >= 0.6 is 27.3 Å². The van der Waals surface area contributed by atoms with Crippen LogP contribution < -0.4 is 4.90 Å². The highest BCUT2D eigenvalue weighted by Gasteiger charge is 2.36. The molecule has 1 aliphatic rings. The Bertz CT molecular complexity index is 969. The normalized spacial score (nSPS) is 16.9. The molecule has 0 aliphatic carbocycles. The minimum atomic E-state index is -0.319. The Balaban J connectivity index is 1.44. The van der Waals surface area contributed by atoms with Crippen molar-refractivity contribution in [3.63, 3.8) is 0 Å². The molecule has 4 rings (SSSR count). The summed E-state index contributed by atoms with van der Waals surface area (Å²) < 4.78 is 2.08. The molecule has 2 aromatic carbocycles. The number of fused-ring (bicyclic) bond motifs is 1. The lowest BCUT2D eigenvalue weighted by molar-refractivity contribution is -0.135. The third kappa shape index (κ3) is 3.75. The third-order valence-corrected chi connectivity index (χ3v) is 6.25. The number of anilines is 1. The van der Waals surface area contributed by atoms with E-state index >= 15 is 0 Å². The Kier molecular flexibility index (Phi) is 4.97. The van der Waals surface area contributed by atoms with E-state index < -0.39 is 0 Å². The van der Waals surface area contributed by atoms with Gasteiger partial charge in [0.2, 0.25) is 11.8 Å². The summed E-state index contributed by atoms with van der Waals surface area (Å²) in [5.41, 5.74) is 1.78. The first-order chi connectivity index (χ1) is 13.0. The van der Waals surface area contributed by atoms with E-state index in [1.165, 1.54) is 0 Å². The lowest BCUT2D eigenvalue weighted by Gasteiger charge is -2.20. The Hall–Kier alpha value is -2.25. The van der Waals surface area contributed by atoms with Gasteiger partial charge in [0, 0.05) is 30.2 Å². The summed E-state index contributed by atoms with van der Waals surface area (Å²) in [5.74, 6) is -0.341. The Morgan fingerprint density at radius 1 is 1.26 bits per heavy atom. The van der Waals surface area contributed by atoms with Crippen molar-refractivity contribution in [2.75, 3.05) is 18.5 Å². The van der Waals surface area contributed by atoms with Gasteiger partial charge in [-0.1, -0.05) is 28.1 Å². The molecule has 5 nitrogen and oxygen atoms in total. The van der Waals surface area contributed by atoms with E-state index in [0.717, 1.165) is 25.4 Å². The van der Waals surface area contributed by atoms with Crippen LogP contribution in [0.1, 0.15) is 11.4 Å². The highest BCUT2D eigenvalue weighted by atomic mass is 79.9. The smallest absolute Gasteiger partial charge is 0.228 e. The second kappa shape index (κ2) is 7.40. The van der Waals surface area contributed by atoms with Gasteiger partial charge >= 0.3 is 0 Å². The van der Waals surface area contributed by atoms with Crippen molar-refractivity contribution < 1.29 is 9.59 Å². The number of amides is 2. The van der Waals surface area contributed by atoms with Crippen LogP contribution in [0, 0.1) is 5.92 Å². The molecular weight excluding hydrogens is 426 g/mol. The summed E-state index contributed by atoms with van der Waals surface area (Å²) in [6.07, 6.45) is 0.249. The van der Waals surface area contributed by atoms with Gasteiger partial charge in [-0.3, -0.25) is 9.59 Å². The van der Waals surface area contributed by atoms with E-state index in [9.17, 15) is 9.59 Å². The van der Waals surface area contributed by atoms with E-state index in [2.05, 4.69) is 20.9 Å². The first-order valence-corrected chi connectivity index (χ1v) is 10.3. The molecular formula is C20H18BrN3O2S. The van der Waals surface area contributed by atoms with Crippen molar-refractivity contribution in [2.24, 2.45) is 5.92 Å². The zero-order chi connectivity index (χ0) is 19.0. The first-order valence-electron chi connectivity index (χ1n) is 8.66. The maximum Gasteiger partial charge on any atom is 0.228 e. The Morgan fingerprint density at radius 2 is 2.00 bits per heavy atom. The molecule has 1 saturated heterocycles. The van der Waals surface area contributed by atoms with Crippen molar-refractivity contribution in [3.8, 4) is 0 Å². The second-order valence-electron chi connectivity index (χ2n) is 6.65. The zero-order valence-corrected chi connectivity index (χ0v) is 17.2. The molecule has 27 heavy (non-hydrogen) atoms. The van der Waals surface area contributed by atoms with Gasteiger partial charge in [-0.25, -0.2) is 4.98 Å². The van der Waals surface area contributed by atoms with Crippen molar-refractivity contribution in [1.29, 1.82) is 0 Å². The lowest BCUT2D eigenvalue weighted by atomic mass is 10.1. The van der Waals surface area contributed by atoms with Crippen LogP contribution in [0.15, 0.2) is 53.0 Å². The first kappa shape index (κ1) is 18.1. The van der Waals surface area contributed by atoms with Crippen molar-refractivity contribution in [3.05, 3.63) is 58.0 Å². The number of rotatable bonds is 4. The van der Waals surface area contributed by atoms with Crippen LogP contribution in [0.25, 0.3) is 10.2 Å². The summed E-state index contributed by atoms with van der Waals surface area (Å²) in [6, 6.07) is 15.5. The average Bonchev–Trinajstić information content (AvgIpc) is 3.24. The van der Waals surface area contributed by atoms with Gasteiger partial charge in [0.1, 0.15) is 5.01 Å². The molecule has 0 saturated carbocycles. The minimum Gasteiger partial charge on any atom is -0.339 e. The summed E-state index contributed by atoms with van der Waals surface area (Å²) in [7, 11) is 1.78. The molecule has 1 aliphatic heterocycles. The molecule has 2 heterocycles. The van der Waals surface area contributed by atoms with E-state index in [0.29, 0.717) is 13.1 Å². The van der Waals surface area contributed by atoms with Gasteiger partial charge in [-0.2, -0.15) is 0 Å². The Morgan fingerprint density at radius 3 is 2.74 bits per heavy atom. The van der Waals surface area contributed by atoms with Crippen molar-refractivity contribution >= 4 is 55.0 Å². The lowest BCUT2D eigenvalue weighted by Crippen LogP contribution is -2.34. The maximum atomic E-state index is 12.9. The van der Waals surface area contributed by atoms with Gasteiger partial charge < -0.3 is 9.80 Å². The van der Waals surface area contributed by atoms with Gasteiger partial charge in [0.25, 0.3) is 0 Å². The minimum absolute atomic E-state index is 0.0101. The number of para-hydroxylation sites is 1. The van der Waals surface area contributed by atoms with Crippen molar-refractivity contribution in [2.45, 2.75) is 13.0 Å². The van der Waals surface area contributed by atoms with Gasteiger partial charge in [-0.15, -0.1) is 11.3 Å². The molecule has 1 aromatic heterocycles. The van der Waals surface area contributed by atoms with Crippen LogP contribution in [-0.2, 0) is 16.1 Å². The van der Waals surface area contributed by atoms with Gasteiger partial charge in [0.05, 0.1) is 22.7 Å². The topological polar surface area (TPSA) is 53.5 Å². The molecule has 138 valence electrons. The number of hydrogen-bond acceptors (Lipinski definition) is 4. The number of nitrogens with zero attached hydrogens (tertiary/aromatic N) is 3. The maximum absolute atomic E-state index is 12.9. The third-order valence-electron chi connectivity index (χ3n) is 4.70. The number of benzene rings is 2. The van der Waals surface area contributed by atoms with Crippen LogP contribution in [-0.4, -0.2) is 35.3 Å². The molecule has 2 amide bonds. The van der Waals surface area contributed by atoms with Crippen LogP contribution in [0.4, 0.5) is 5.69 Å². The zero-order valence-electron chi connectivity index (χ0n) is 14.8. The van der Waals surface area contributed by atoms with Crippen molar-refractivity contribution in [1.82, 2.24) is 9.88 Å². The molecule has 3 aromatic rings. The fourth-order valence-corrected chi connectivity index (χ4v) is 4.61. The fraction of sp³-hybridized carbons (Fsp3) is 0.250. The molecule has 1 unspecified atom stereocenters. The number of hydrogen-bond donors (Lipinski definition) is 0. The van der Waals surface area contributed by atoms with E-state index in [1.807, 2.05) is 48.5 Å². The highest BCUT2D eigenvalue weighted by Crippen LogP contribution is 2.28. The Labute approximate surface area is 169 Å². The predicted octanol–water partition coefficient (Wildman–Crippen LogP) is 4.07. The monoisotopic (exact) mass is 443 g/mol. The fourth-order valence-electron chi connectivity index (χ4n) is 3.32. The summed E-state index contributed by atoms with van der Waals surface area (Å²) in [4.78, 5) is 33.2. The van der Waals surface area contributed by atoms with Crippen LogP contribution in [0.3, 0.4) is 0 Å². The van der Waals surface area contributed by atoms with E-state index in [1.54, 1.807) is 28.2 Å². The molecule has 0 bridgehead atoms. The molecule has 0 N–H and O–H groups in total. The number of carbonyl (C=O) groups is 2. The summed E-state index contributed by atoms with van der Waals surface area (Å²) >= 11 is 5.00. The number of thiazole rings is 1. The molecule has 0 radical (unpaired) electrons. The molecule has 1 fully saturated rings. The summed E-state index contributed by atoms with van der Waals surface area (Å²) in [5, 5.41) is 0.904. The highest BCUT2D eigenvalue weighted by molar-refractivity contribution is 9.10. The van der Waals surface area contributed by atoms with Crippen LogP contribution in [0.2, 0.25) is 0 Å². The number of carbonyl (C=O) groups excluding carboxylic acids is 2. The standard InChI is InChI=1S/C20H18BrN3O2S/c1-23(12-18-22-16-4-2-3-5-17(16)27-18)20(26)13-10-19(25)24(11-13)15-8-6-14(21)7-9-15/h2-9,13H,10-12H2,1H3. The molecule has 0 spiro atoms. The number of halogens is 1. The second-order valence-corrected chi connectivity index (χ2v) is 8.68. The SMILES string of the molecule is CN(Cc1nc2ccccc2s1)C(=O)C1CC(=O)N(c2ccc(Br)cc2)C1.